The van der Waals surface area contributed by atoms with E-state index in [1.54, 1.807) is 13.2 Å². The van der Waals surface area contributed by atoms with Gasteiger partial charge < -0.3 is 18.6 Å². The third-order valence-corrected chi connectivity index (χ3v) is 5.25. The summed E-state index contributed by atoms with van der Waals surface area (Å²) in [6.45, 7) is 6.83. The van der Waals surface area contributed by atoms with E-state index in [-0.39, 0.29) is 11.5 Å². The third kappa shape index (κ3) is 4.06. The van der Waals surface area contributed by atoms with Gasteiger partial charge in [-0.1, -0.05) is 18.2 Å². The van der Waals surface area contributed by atoms with E-state index < -0.39 is 0 Å². The summed E-state index contributed by atoms with van der Waals surface area (Å²) in [6.07, 6.45) is 2.68. The fraction of sp³-hybridized carbons (Fsp3) is 0.375. The average molecular weight is 409 g/mol. The van der Waals surface area contributed by atoms with Gasteiger partial charge in [-0.2, -0.15) is 0 Å². The minimum Gasteiger partial charge on any atom is -0.496 e. The van der Waals surface area contributed by atoms with E-state index in [1.807, 2.05) is 44.2 Å². The second kappa shape index (κ2) is 8.90. The van der Waals surface area contributed by atoms with Crippen LogP contribution in [0.4, 0.5) is 0 Å². The third-order valence-electron chi connectivity index (χ3n) is 5.25. The zero-order valence-electron chi connectivity index (χ0n) is 17.6. The maximum absolute atomic E-state index is 13.3. The molecular weight excluding hydrogens is 382 g/mol. The van der Waals surface area contributed by atoms with Crippen LogP contribution in [-0.4, -0.2) is 38.0 Å². The molecule has 0 saturated heterocycles. The predicted octanol–water partition coefficient (Wildman–Crippen LogP) is 4.44. The lowest BCUT2D eigenvalue weighted by Gasteiger charge is -2.29. The Morgan fingerprint density at radius 1 is 1.13 bits per heavy atom. The van der Waals surface area contributed by atoms with E-state index in [2.05, 4.69) is 4.90 Å². The first-order valence-corrected chi connectivity index (χ1v) is 10.3. The molecule has 0 radical (unpaired) electrons. The van der Waals surface area contributed by atoms with E-state index in [0.717, 1.165) is 29.8 Å². The molecule has 1 aromatic heterocycles. The van der Waals surface area contributed by atoms with E-state index in [0.29, 0.717) is 42.2 Å². The minimum atomic E-state index is -0.0778. The molecule has 0 bridgehead atoms. The van der Waals surface area contributed by atoms with E-state index in [4.69, 9.17) is 18.6 Å². The molecule has 6 heteroatoms. The molecule has 3 aromatic rings. The lowest BCUT2D eigenvalue weighted by molar-refractivity contribution is 0.0525. The summed E-state index contributed by atoms with van der Waals surface area (Å²) in [6, 6.07) is 11.1. The SMILES string of the molecule is COc1ccccc1-c1coc2c3c(ccc2c1=O)OCN(CCCOC(C)C)C3. The van der Waals surface area contributed by atoms with Gasteiger partial charge in [0.25, 0.3) is 0 Å². The smallest absolute Gasteiger partial charge is 0.200 e. The minimum absolute atomic E-state index is 0.0778. The second-order valence-corrected chi connectivity index (χ2v) is 7.70. The van der Waals surface area contributed by atoms with Crippen molar-refractivity contribution in [3.05, 3.63) is 58.4 Å². The zero-order valence-corrected chi connectivity index (χ0v) is 17.6. The van der Waals surface area contributed by atoms with Crippen LogP contribution < -0.4 is 14.9 Å². The molecule has 0 amide bonds. The molecule has 4 rings (SSSR count). The molecule has 0 N–H and O–H groups in total. The largest absolute Gasteiger partial charge is 0.496 e. The molecule has 158 valence electrons. The molecule has 6 nitrogen and oxygen atoms in total. The first kappa shape index (κ1) is 20.4. The fourth-order valence-electron chi connectivity index (χ4n) is 3.76. The highest BCUT2D eigenvalue weighted by atomic mass is 16.5. The van der Waals surface area contributed by atoms with Crippen LogP contribution >= 0.6 is 0 Å². The molecule has 2 aromatic carbocycles. The monoisotopic (exact) mass is 409 g/mol. The van der Waals surface area contributed by atoms with Gasteiger partial charge in [-0.25, -0.2) is 0 Å². The van der Waals surface area contributed by atoms with Crippen molar-refractivity contribution in [1.82, 2.24) is 4.90 Å². The molecule has 1 aliphatic rings. The first-order chi connectivity index (χ1) is 14.6. The van der Waals surface area contributed by atoms with Crippen LogP contribution in [0.3, 0.4) is 0 Å². The molecule has 2 heterocycles. The van der Waals surface area contributed by atoms with Crippen LogP contribution in [0.5, 0.6) is 11.5 Å². The van der Waals surface area contributed by atoms with E-state index in [9.17, 15) is 4.79 Å². The molecule has 0 saturated carbocycles. The van der Waals surface area contributed by atoms with Crippen molar-refractivity contribution in [2.75, 3.05) is 27.0 Å². The van der Waals surface area contributed by atoms with Gasteiger partial charge in [0.1, 0.15) is 30.1 Å². The highest BCUT2D eigenvalue weighted by Crippen LogP contribution is 2.34. The Morgan fingerprint density at radius 2 is 1.97 bits per heavy atom. The summed E-state index contributed by atoms with van der Waals surface area (Å²) >= 11 is 0. The Bertz CT molecular complexity index is 1090. The number of ether oxygens (including phenoxy) is 3. The maximum atomic E-state index is 13.3. The van der Waals surface area contributed by atoms with Gasteiger partial charge in [-0.05, 0) is 38.5 Å². The van der Waals surface area contributed by atoms with Crippen molar-refractivity contribution in [2.45, 2.75) is 32.9 Å². The summed E-state index contributed by atoms with van der Waals surface area (Å²) in [5, 5.41) is 0.547. The van der Waals surface area contributed by atoms with Crippen LogP contribution in [0.15, 0.2) is 51.9 Å². The van der Waals surface area contributed by atoms with Gasteiger partial charge in [-0.3, -0.25) is 9.69 Å². The normalized spacial score (nSPS) is 14.0. The molecule has 30 heavy (non-hydrogen) atoms. The van der Waals surface area contributed by atoms with Gasteiger partial charge in [-0.15, -0.1) is 0 Å². The van der Waals surface area contributed by atoms with Crippen LogP contribution in [-0.2, 0) is 11.3 Å². The number of benzene rings is 2. The Morgan fingerprint density at radius 3 is 2.77 bits per heavy atom. The summed E-state index contributed by atoms with van der Waals surface area (Å²) in [5.74, 6) is 1.41. The van der Waals surface area contributed by atoms with Gasteiger partial charge in [0, 0.05) is 25.3 Å². The zero-order chi connectivity index (χ0) is 21.1. The van der Waals surface area contributed by atoms with Crippen molar-refractivity contribution >= 4 is 11.0 Å². The standard InChI is InChI=1S/C24H27NO5/c1-16(2)28-12-6-11-25-13-19-22(30-15-25)10-9-18-23(26)20(14-29-24(18)19)17-7-4-5-8-21(17)27-3/h4-5,7-10,14,16H,6,11-13,15H2,1-3H3. The van der Waals surface area contributed by atoms with Crippen molar-refractivity contribution in [1.29, 1.82) is 0 Å². The quantitative estimate of drug-likeness (QED) is 0.538. The molecular formula is C24H27NO5. The lowest BCUT2D eigenvalue weighted by atomic mass is 10.0. The summed E-state index contributed by atoms with van der Waals surface area (Å²) in [5.41, 5.74) is 2.62. The predicted molar refractivity (Wildman–Crippen MR) is 116 cm³/mol. The fourth-order valence-corrected chi connectivity index (χ4v) is 3.76. The van der Waals surface area contributed by atoms with E-state index >= 15 is 0 Å². The highest BCUT2D eigenvalue weighted by Gasteiger charge is 2.23. The molecule has 0 atom stereocenters. The average Bonchev–Trinajstić information content (AvgIpc) is 2.76. The molecule has 1 aliphatic heterocycles. The summed E-state index contributed by atoms with van der Waals surface area (Å²) < 4.78 is 23.0. The van der Waals surface area contributed by atoms with Gasteiger partial charge >= 0.3 is 0 Å². The Balaban J connectivity index is 1.64. The maximum Gasteiger partial charge on any atom is 0.200 e. The number of methoxy groups -OCH3 is 1. The number of fused-ring (bicyclic) bond motifs is 3. The second-order valence-electron chi connectivity index (χ2n) is 7.70. The molecule has 0 spiro atoms. The van der Waals surface area contributed by atoms with Gasteiger partial charge in [0.2, 0.25) is 5.43 Å². The van der Waals surface area contributed by atoms with Crippen molar-refractivity contribution in [3.63, 3.8) is 0 Å². The molecule has 0 aliphatic carbocycles. The Labute approximate surface area is 176 Å². The van der Waals surface area contributed by atoms with Crippen LogP contribution in [0.2, 0.25) is 0 Å². The highest BCUT2D eigenvalue weighted by molar-refractivity contribution is 5.86. The number of nitrogens with zero attached hydrogens (tertiary/aromatic N) is 1. The number of rotatable bonds is 7. The first-order valence-electron chi connectivity index (χ1n) is 10.3. The van der Waals surface area contributed by atoms with Crippen LogP contribution in [0.1, 0.15) is 25.8 Å². The molecule has 0 fully saturated rings. The van der Waals surface area contributed by atoms with Crippen molar-refractivity contribution < 1.29 is 18.6 Å². The van der Waals surface area contributed by atoms with Crippen LogP contribution in [0.25, 0.3) is 22.1 Å². The van der Waals surface area contributed by atoms with E-state index in [1.165, 1.54) is 6.26 Å². The summed E-state index contributed by atoms with van der Waals surface area (Å²) in [7, 11) is 1.59. The number of hydrogen-bond donors (Lipinski definition) is 0. The Hall–Kier alpha value is -2.83. The van der Waals surface area contributed by atoms with Crippen molar-refractivity contribution in [2.24, 2.45) is 0 Å². The number of para-hydroxylation sites is 1. The summed E-state index contributed by atoms with van der Waals surface area (Å²) in [4.78, 5) is 15.4. The van der Waals surface area contributed by atoms with Crippen LogP contribution in [0, 0.1) is 0 Å². The Kier molecular flexibility index (Phi) is 6.06. The number of hydrogen-bond acceptors (Lipinski definition) is 6. The van der Waals surface area contributed by atoms with Crippen molar-refractivity contribution in [3.8, 4) is 22.6 Å². The van der Waals surface area contributed by atoms with Gasteiger partial charge in [0.05, 0.1) is 29.7 Å². The molecule has 0 unspecified atom stereocenters. The lowest BCUT2D eigenvalue weighted by Crippen LogP contribution is -2.33. The van der Waals surface area contributed by atoms with Gasteiger partial charge in [0.15, 0.2) is 0 Å². The topological polar surface area (TPSA) is 61.1 Å².